The van der Waals surface area contributed by atoms with Crippen LogP contribution in [0.25, 0.3) is 0 Å². The molecule has 1 aliphatic carbocycles. The molecule has 1 atom stereocenters. The van der Waals surface area contributed by atoms with Crippen LogP contribution in [0.5, 0.6) is 0 Å². The molecule has 2 N–H and O–H groups in total. The summed E-state index contributed by atoms with van der Waals surface area (Å²) in [5.74, 6) is -1.13. The van der Waals surface area contributed by atoms with E-state index in [0.29, 0.717) is 19.5 Å². The Hall–Kier alpha value is -2.95. The Kier molecular flexibility index (Phi) is 6.52. The zero-order chi connectivity index (χ0) is 25.5. The predicted octanol–water partition coefficient (Wildman–Crippen LogP) is 3.24. The lowest BCUT2D eigenvalue weighted by atomic mass is 9.76. The molecule has 9 nitrogen and oxygen atoms in total. The molecule has 3 aliphatic rings. The van der Waals surface area contributed by atoms with Crippen molar-refractivity contribution in [3.63, 3.8) is 0 Å². The number of imide groups is 1. The molecule has 190 valence electrons. The molecule has 2 saturated heterocycles. The number of amides is 4. The zero-order valence-corrected chi connectivity index (χ0v) is 21.2. The number of sulfonamides is 1. The smallest absolute Gasteiger partial charge is 0.323 e. The van der Waals surface area contributed by atoms with E-state index in [1.54, 1.807) is 0 Å². The highest BCUT2D eigenvalue weighted by atomic mass is 35.5. The van der Waals surface area contributed by atoms with E-state index in [1.807, 2.05) is 24.3 Å². The van der Waals surface area contributed by atoms with Crippen LogP contribution in [0.3, 0.4) is 0 Å². The normalized spacial score (nSPS) is 22.4. The Labute approximate surface area is 214 Å². The van der Waals surface area contributed by atoms with Crippen molar-refractivity contribution in [2.45, 2.75) is 49.0 Å². The number of aryl methyl sites for hydroxylation is 1. The van der Waals surface area contributed by atoms with Gasteiger partial charge in [0.25, 0.3) is 5.91 Å². The summed E-state index contributed by atoms with van der Waals surface area (Å²) in [6.07, 6.45) is 4.59. The molecular formula is C25H27ClN4O5S. The van der Waals surface area contributed by atoms with Gasteiger partial charge in [-0.05, 0) is 61.4 Å². The maximum Gasteiger partial charge on any atom is 0.325 e. The fraction of sp³-hybridized carbons (Fsp3) is 0.400. The van der Waals surface area contributed by atoms with Gasteiger partial charge in [-0.3, -0.25) is 14.5 Å². The van der Waals surface area contributed by atoms with E-state index < -0.39 is 40.0 Å². The van der Waals surface area contributed by atoms with Crippen molar-refractivity contribution in [2.75, 3.05) is 25.0 Å². The van der Waals surface area contributed by atoms with Crippen LogP contribution in [-0.2, 0) is 31.6 Å². The molecule has 0 unspecified atom stereocenters. The molecule has 1 spiro atoms. The summed E-state index contributed by atoms with van der Waals surface area (Å²) in [7, 11) is -3.73. The highest BCUT2D eigenvalue weighted by Crippen LogP contribution is 2.40. The summed E-state index contributed by atoms with van der Waals surface area (Å²) in [6, 6.07) is 11.0. The molecular weight excluding hydrogens is 504 g/mol. The number of nitrogens with one attached hydrogen (secondary N) is 2. The van der Waals surface area contributed by atoms with Gasteiger partial charge in [0.1, 0.15) is 12.1 Å². The van der Waals surface area contributed by atoms with Gasteiger partial charge >= 0.3 is 6.03 Å². The first-order valence-corrected chi connectivity index (χ1v) is 13.9. The van der Waals surface area contributed by atoms with Crippen LogP contribution in [0.15, 0.2) is 47.4 Å². The topological polar surface area (TPSA) is 116 Å². The summed E-state index contributed by atoms with van der Waals surface area (Å²) in [5.41, 5.74) is 0.689. The number of piperidine rings is 1. The van der Waals surface area contributed by atoms with Crippen LogP contribution < -0.4 is 10.6 Å². The van der Waals surface area contributed by atoms with Gasteiger partial charge < -0.3 is 10.6 Å². The summed E-state index contributed by atoms with van der Waals surface area (Å²) in [5, 5.41) is 5.54. The second kappa shape index (κ2) is 9.49. The summed E-state index contributed by atoms with van der Waals surface area (Å²) in [4.78, 5) is 40.0. The van der Waals surface area contributed by atoms with E-state index in [2.05, 4.69) is 10.6 Å². The van der Waals surface area contributed by atoms with Crippen LogP contribution in [0.2, 0.25) is 5.02 Å². The number of anilines is 1. The van der Waals surface area contributed by atoms with Crippen molar-refractivity contribution in [3.8, 4) is 0 Å². The molecule has 5 rings (SSSR count). The number of urea groups is 1. The number of fused-ring (bicyclic) bond motifs is 2. The van der Waals surface area contributed by atoms with E-state index in [1.165, 1.54) is 22.5 Å². The van der Waals surface area contributed by atoms with Gasteiger partial charge in [-0.2, -0.15) is 4.31 Å². The quantitative estimate of drug-likeness (QED) is 0.576. The third kappa shape index (κ3) is 4.27. The van der Waals surface area contributed by atoms with Gasteiger partial charge in [0.05, 0.1) is 15.6 Å². The number of rotatable bonds is 5. The SMILES string of the molecule is O=C(CN1C(=O)N[C@@]2(CCCc3ccccc32)C1=O)Nc1cc(S(=O)(=O)N2CCCCC2)ccc1Cl. The van der Waals surface area contributed by atoms with Gasteiger partial charge in [-0.15, -0.1) is 0 Å². The van der Waals surface area contributed by atoms with Crippen LogP contribution in [0.4, 0.5) is 10.5 Å². The second-order valence-electron chi connectivity index (χ2n) is 9.39. The molecule has 11 heteroatoms. The minimum absolute atomic E-state index is 0.0249. The largest absolute Gasteiger partial charge is 0.325 e. The second-order valence-corrected chi connectivity index (χ2v) is 11.7. The molecule has 2 aromatic carbocycles. The van der Waals surface area contributed by atoms with Crippen LogP contribution in [-0.4, -0.2) is 55.1 Å². The van der Waals surface area contributed by atoms with Gasteiger partial charge in [-0.25, -0.2) is 13.2 Å². The Balaban J connectivity index is 1.33. The lowest BCUT2D eigenvalue weighted by molar-refractivity contribution is -0.134. The minimum Gasteiger partial charge on any atom is -0.323 e. The van der Waals surface area contributed by atoms with Crippen molar-refractivity contribution in [1.29, 1.82) is 0 Å². The van der Waals surface area contributed by atoms with Crippen LogP contribution in [0, 0.1) is 0 Å². The molecule has 0 bridgehead atoms. The minimum atomic E-state index is -3.73. The number of carbonyl (C=O) groups is 3. The molecule has 0 radical (unpaired) electrons. The van der Waals surface area contributed by atoms with Crippen LogP contribution >= 0.6 is 11.6 Å². The first-order valence-electron chi connectivity index (χ1n) is 12.0. The lowest BCUT2D eigenvalue weighted by Crippen LogP contribution is -2.47. The predicted molar refractivity (Wildman–Crippen MR) is 134 cm³/mol. The maximum absolute atomic E-state index is 13.4. The third-order valence-electron chi connectivity index (χ3n) is 7.12. The van der Waals surface area contributed by atoms with Crippen molar-refractivity contribution in [3.05, 3.63) is 58.6 Å². The van der Waals surface area contributed by atoms with E-state index in [-0.39, 0.29) is 15.6 Å². The average Bonchev–Trinajstić information content (AvgIpc) is 3.10. The molecule has 2 aliphatic heterocycles. The highest BCUT2D eigenvalue weighted by Gasteiger charge is 2.54. The van der Waals surface area contributed by atoms with Crippen molar-refractivity contribution < 1.29 is 22.8 Å². The number of benzene rings is 2. The molecule has 4 amide bonds. The molecule has 2 aromatic rings. The summed E-state index contributed by atoms with van der Waals surface area (Å²) >= 11 is 6.24. The lowest BCUT2D eigenvalue weighted by Gasteiger charge is -2.33. The number of hydrogen-bond acceptors (Lipinski definition) is 5. The summed E-state index contributed by atoms with van der Waals surface area (Å²) < 4.78 is 27.5. The maximum atomic E-state index is 13.4. The fourth-order valence-electron chi connectivity index (χ4n) is 5.30. The van der Waals surface area contributed by atoms with Gasteiger partial charge in [-0.1, -0.05) is 42.3 Å². The Morgan fingerprint density at radius 2 is 1.81 bits per heavy atom. The van der Waals surface area contributed by atoms with E-state index in [4.69, 9.17) is 11.6 Å². The highest BCUT2D eigenvalue weighted by molar-refractivity contribution is 7.89. The van der Waals surface area contributed by atoms with Crippen molar-refractivity contribution in [1.82, 2.24) is 14.5 Å². The fourth-order valence-corrected chi connectivity index (χ4v) is 7.01. The number of hydrogen-bond donors (Lipinski definition) is 2. The van der Waals surface area contributed by atoms with Gasteiger partial charge in [0.15, 0.2) is 0 Å². The summed E-state index contributed by atoms with van der Waals surface area (Å²) in [6.45, 7) is 0.376. The Morgan fingerprint density at radius 3 is 2.58 bits per heavy atom. The van der Waals surface area contributed by atoms with Crippen LogP contribution in [0.1, 0.15) is 43.2 Å². The zero-order valence-electron chi connectivity index (χ0n) is 19.6. The number of halogens is 1. The number of carbonyl (C=O) groups excluding carboxylic acids is 3. The Bertz CT molecular complexity index is 1340. The molecule has 36 heavy (non-hydrogen) atoms. The van der Waals surface area contributed by atoms with E-state index >= 15 is 0 Å². The molecule has 0 aromatic heterocycles. The monoisotopic (exact) mass is 530 g/mol. The number of nitrogens with zero attached hydrogens (tertiary/aromatic N) is 2. The average molecular weight is 531 g/mol. The Morgan fingerprint density at radius 1 is 1.06 bits per heavy atom. The first kappa shape index (κ1) is 24.7. The van der Waals surface area contributed by atoms with E-state index in [9.17, 15) is 22.8 Å². The first-order chi connectivity index (χ1) is 17.2. The standard InChI is InChI=1S/C25H27ClN4O5S/c26-20-11-10-18(36(34,35)29-13-4-1-5-14-29)15-21(20)27-22(31)16-30-23(32)25(28-24(30)33)12-6-8-17-7-2-3-9-19(17)25/h2-3,7,9-11,15H,1,4-6,8,12-14,16H2,(H,27,31)(H,28,33)/t25-/m1/s1. The molecule has 0 saturated carbocycles. The van der Waals surface area contributed by atoms with Gasteiger partial charge in [0, 0.05) is 13.1 Å². The molecule has 2 heterocycles. The molecule has 2 fully saturated rings. The third-order valence-corrected chi connectivity index (χ3v) is 9.34. The van der Waals surface area contributed by atoms with Crippen molar-refractivity contribution >= 4 is 45.2 Å². The van der Waals surface area contributed by atoms with E-state index in [0.717, 1.165) is 48.1 Å². The van der Waals surface area contributed by atoms with Crippen molar-refractivity contribution in [2.24, 2.45) is 0 Å². The van der Waals surface area contributed by atoms with Gasteiger partial charge in [0.2, 0.25) is 15.9 Å².